The standard InChI is InChI=1S/C29H26N6O4S2/c1-37-22-14-20(15-23(38-2)25(22)39-3)33-29-35-27(30)26(41-29)28-34-21(16-40-28)17-7-6-9-19(13-17)32-24(36)11-10-18-8-4-5-12-31-18/h4-16H,30H2,1-3H3,(H,32,36)(H,33,35)/b11-10+. The van der Waals surface area contributed by atoms with Crippen LogP contribution in [0.4, 0.5) is 22.3 Å². The third kappa shape index (κ3) is 6.45. The van der Waals surface area contributed by atoms with Crippen LogP contribution in [0, 0.1) is 0 Å². The van der Waals surface area contributed by atoms with E-state index >= 15 is 0 Å². The van der Waals surface area contributed by atoms with Crippen LogP contribution in [-0.2, 0) is 4.79 Å². The van der Waals surface area contributed by atoms with Crippen LogP contribution in [0.25, 0.3) is 27.2 Å². The zero-order valence-corrected chi connectivity index (χ0v) is 24.0. The molecule has 0 aliphatic rings. The number of thiazole rings is 2. The van der Waals surface area contributed by atoms with E-state index in [1.54, 1.807) is 45.7 Å². The molecule has 3 aromatic heterocycles. The lowest BCUT2D eigenvalue weighted by Crippen LogP contribution is -2.07. The lowest BCUT2D eigenvalue weighted by Gasteiger charge is -2.14. The number of aromatic nitrogens is 3. The molecule has 41 heavy (non-hydrogen) atoms. The van der Waals surface area contributed by atoms with Gasteiger partial charge in [0, 0.05) is 46.7 Å². The van der Waals surface area contributed by atoms with Crippen molar-refractivity contribution >= 4 is 57.0 Å². The topological polar surface area (TPSA) is 134 Å². The molecule has 0 unspecified atom stereocenters. The summed E-state index contributed by atoms with van der Waals surface area (Å²) in [6.07, 6.45) is 4.79. The van der Waals surface area contributed by atoms with Gasteiger partial charge in [-0.15, -0.1) is 11.3 Å². The summed E-state index contributed by atoms with van der Waals surface area (Å²) in [6, 6.07) is 16.6. The van der Waals surface area contributed by atoms with Crippen LogP contribution in [0.2, 0.25) is 0 Å². The number of hydrogen-bond donors (Lipinski definition) is 3. The van der Waals surface area contributed by atoms with E-state index in [2.05, 4.69) is 20.6 Å². The molecule has 0 atom stereocenters. The maximum Gasteiger partial charge on any atom is 0.248 e. The van der Waals surface area contributed by atoms with Gasteiger partial charge < -0.3 is 30.6 Å². The highest BCUT2D eigenvalue weighted by molar-refractivity contribution is 7.23. The van der Waals surface area contributed by atoms with Crippen molar-refractivity contribution in [3.8, 4) is 38.4 Å². The minimum Gasteiger partial charge on any atom is -0.493 e. The van der Waals surface area contributed by atoms with Crippen molar-refractivity contribution < 1.29 is 19.0 Å². The number of nitrogen functional groups attached to an aromatic ring is 1. The molecule has 0 aliphatic heterocycles. The molecule has 3 heterocycles. The number of hydrogen-bond acceptors (Lipinski definition) is 11. The molecule has 5 aromatic rings. The number of benzene rings is 2. The van der Waals surface area contributed by atoms with Crippen LogP contribution < -0.4 is 30.6 Å². The van der Waals surface area contributed by atoms with Crippen molar-refractivity contribution in [2.75, 3.05) is 37.7 Å². The van der Waals surface area contributed by atoms with Crippen molar-refractivity contribution in [1.82, 2.24) is 15.0 Å². The van der Waals surface area contributed by atoms with Crippen molar-refractivity contribution in [3.05, 3.63) is 77.9 Å². The number of nitrogens with zero attached hydrogens (tertiary/aromatic N) is 3. The van der Waals surface area contributed by atoms with Gasteiger partial charge in [-0.3, -0.25) is 9.78 Å². The second-order valence-electron chi connectivity index (χ2n) is 8.47. The molecule has 208 valence electrons. The molecule has 0 bridgehead atoms. The molecule has 12 heteroatoms. The second-order valence-corrected chi connectivity index (χ2v) is 10.3. The van der Waals surface area contributed by atoms with Gasteiger partial charge in [0.25, 0.3) is 0 Å². The lowest BCUT2D eigenvalue weighted by molar-refractivity contribution is -0.111. The van der Waals surface area contributed by atoms with Gasteiger partial charge in [0.2, 0.25) is 11.7 Å². The average Bonchev–Trinajstić information content (AvgIpc) is 3.62. The van der Waals surface area contributed by atoms with Crippen LogP contribution in [0.3, 0.4) is 0 Å². The van der Waals surface area contributed by atoms with E-state index in [1.165, 1.54) is 28.7 Å². The molecule has 4 N–H and O–H groups in total. The van der Waals surface area contributed by atoms with Gasteiger partial charge in [-0.2, -0.15) is 0 Å². The predicted octanol–water partition coefficient (Wildman–Crippen LogP) is 6.33. The molecule has 0 aliphatic carbocycles. The fourth-order valence-electron chi connectivity index (χ4n) is 3.90. The predicted molar refractivity (Wildman–Crippen MR) is 164 cm³/mol. The van der Waals surface area contributed by atoms with Crippen molar-refractivity contribution in [3.63, 3.8) is 0 Å². The Labute approximate surface area is 244 Å². The fourth-order valence-corrected chi connectivity index (χ4v) is 5.74. The Kier molecular flexibility index (Phi) is 8.42. The number of carbonyl (C=O) groups is 1. The molecule has 0 fully saturated rings. The number of anilines is 4. The van der Waals surface area contributed by atoms with Crippen LogP contribution in [0.1, 0.15) is 5.69 Å². The van der Waals surface area contributed by atoms with E-state index < -0.39 is 0 Å². The van der Waals surface area contributed by atoms with E-state index in [0.717, 1.165) is 21.1 Å². The lowest BCUT2D eigenvalue weighted by atomic mass is 10.1. The van der Waals surface area contributed by atoms with E-state index in [-0.39, 0.29) is 5.91 Å². The van der Waals surface area contributed by atoms with E-state index in [4.69, 9.17) is 24.9 Å². The van der Waals surface area contributed by atoms with Gasteiger partial charge in [-0.05, 0) is 30.3 Å². The Morgan fingerprint density at radius 2 is 1.76 bits per heavy atom. The zero-order valence-electron chi connectivity index (χ0n) is 22.4. The highest BCUT2D eigenvalue weighted by atomic mass is 32.1. The number of carbonyl (C=O) groups excluding carboxylic acids is 1. The second kappa shape index (κ2) is 12.5. The molecule has 0 spiro atoms. The number of rotatable bonds is 10. The first-order valence-corrected chi connectivity index (χ1v) is 14.0. The Morgan fingerprint density at radius 1 is 0.951 bits per heavy atom. The Balaban J connectivity index is 1.31. The van der Waals surface area contributed by atoms with Crippen LogP contribution in [-0.4, -0.2) is 42.2 Å². The minimum atomic E-state index is -0.253. The maximum absolute atomic E-state index is 12.4. The first kappa shape index (κ1) is 27.6. The molecule has 5 rings (SSSR count). The van der Waals surface area contributed by atoms with Crippen LogP contribution >= 0.6 is 22.7 Å². The molecule has 0 saturated carbocycles. The summed E-state index contributed by atoms with van der Waals surface area (Å²) in [5, 5.41) is 9.41. The highest BCUT2D eigenvalue weighted by Gasteiger charge is 2.18. The first-order valence-electron chi connectivity index (χ1n) is 12.3. The van der Waals surface area contributed by atoms with Gasteiger partial charge in [0.05, 0.1) is 32.7 Å². The maximum atomic E-state index is 12.4. The summed E-state index contributed by atoms with van der Waals surface area (Å²) in [4.78, 5) is 26.6. The summed E-state index contributed by atoms with van der Waals surface area (Å²) in [6.45, 7) is 0. The Morgan fingerprint density at radius 3 is 2.46 bits per heavy atom. The molecule has 2 aromatic carbocycles. The summed E-state index contributed by atoms with van der Waals surface area (Å²) in [5.41, 5.74) is 9.96. The normalized spacial score (nSPS) is 10.9. The molecule has 0 saturated heterocycles. The number of ether oxygens (including phenoxy) is 3. The number of pyridine rings is 1. The third-order valence-corrected chi connectivity index (χ3v) is 7.77. The number of nitrogens with two attached hydrogens (primary N) is 1. The van der Waals surface area contributed by atoms with E-state index in [9.17, 15) is 4.79 Å². The monoisotopic (exact) mass is 586 g/mol. The van der Waals surface area contributed by atoms with Gasteiger partial charge in [-0.25, -0.2) is 9.97 Å². The molecular formula is C29H26N6O4S2. The van der Waals surface area contributed by atoms with Crippen molar-refractivity contribution in [2.45, 2.75) is 0 Å². The van der Waals surface area contributed by atoms with E-state index in [0.29, 0.717) is 45.3 Å². The quantitative estimate of drug-likeness (QED) is 0.160. The number of methoxy groups -OCH3 is 3. The summed E-state index contributed by atoms with van der Waals surface area (Å²) in [5.74, 6) is 1.65. The summed E-state index contributed by atoms with van der Waals surface area (Å²) >= 11 is 2.85. The highest BCUT2D eigenvalue weighted by Crippen LogP contribution is 2.43. The Bertz CT molecular complexity index is 1680. The fraction of sp³-hybridized carbons (Fsp3) is 0.103. The van der Waals surface area contributed by atoms with Gasteiger partial charge in [-0.1, -0.05) is 29.5 Å². The summed E-state index contributed by atoms with van der Waals surface area (Å²) < 4.78 is 16.3. The molecule has 1 amide bonds. The Hall–Kier alpha value is -4.94. The van der Waals surface area contributed by atoms with Crippen molar-refractivity contribution in [2.24, 2.45) is 0 Å². The summed E-state index contributed by atoms with van der Waals surface area (Å²) in [7, 11) is 4.67. The number of nitrogens with one attached hydrogen (secondary N) is 2. The van der Waals surface area contributed by atoms with Crippen molar-refractivity contribution in [1.29, 1.82) is 0 Å². The van der Waals surface area contributed by atoms with Gasteiger partial charge in [0.15, 0.2) is 16.6 Å². The first-order chi connectivity index (χ1) is 20.0. The largest absolute Gasteiger partial charge is 0.493 e. The third-order valence-electron chi connectivity index (χ3n) is 5.79. The van der Waals surface area contributed by atoms with Crippen LogP contribution in [0.5, 0.6) is 17.2 Å². The molecular weight excluding hydrogens is 560 g/mol. The minimum absolute atomic E-state index is 0.253. The van der Waals surface area contributed by atoms with Crippen LogP contribution in [0.15, 0.2) is 72.3 Å². The molecule has 0 radical (unpaired) electrons. The number of amides is 1. The van der Waals surface area contributed by atoms with Gasteiger partial charge in [0.1, 0.15) is 15.7 Å². The zero-order chi connectivity index (χ0) is 28.8. The van der Waals surface area contributed by atoms with E-state index in [1.807, 2.05) is 47.8 Å². The average molecular weight is 587 g/mol. The smallest absolute Gasteiger partial charge is 0.248 e. The molecule has 10 nitrogen and oxygen atoms in total. The SMILES string of the molecule is COc1cc(Nc2nc(N)c(-c3nc(-c4cccc(NC(=O)/C=C/c5ccccn5)c4)cs3)s2)cc(OC)c1OC. The van der Waals surface area contributed by atoms with Gasteiger partial charge >= 0.3 is 0 Å².